The molecule has 18 heavy (non-hydrogen) atoms. The summed E-state index contributed by atoms with van der Waals surface area (Å²) in [6.45, 7) is 4.04. The average molecular weight is 247 g/mol. The molecule has 0 aliphatic carbocycles. The molecule has 1 aromatic rings. The summed E-state index contributed by atoms with van der Waals surface area (Å²) in [4.78, 5) is 11.8. The minimum absolute atomic E-state index is 0.329. The van der Waals surface area contributed by atoms with Crippen LogP contribution in [-0.2, 0) is 9.53 Å². The number of hydrogen-bond acceptors (Lipinski definition) is 3. The minimum Gasteiger partial charge on any atom is -0.465 e. The smallest absolute Gasteiger partial charge is 0.326 e. The second-order valence-electron chi connectivity index (χ2n) is 4.25. The lowest BCUT2D eigenvalue weighted by atomic mass is 9.93. The van der Waals surface area contributed by atoms with Gasteiger partial charge in [-0.05, 0) is 25.3 Å². The predicted molar refractivity (Wildman–Crippen MR) is 73.9 cm³/mol. The van der Waals surface area contributed by atoms with E-state index in [9.17, 15) is 4.79 Å². The van der Waals surface area contributed by atoms with Gasteiger partial charge in [-0.1, -0.05) is 49.4 Å². The fraction of sp³-hybridized carbons (Fsp3) is 0.400. The van der Waals surface area contributed by atoms with Crippen LogP contribution in [0.1, 0.15) is 32.3 Å². The Kier molecular flexibility index (Phi) is 5.59. The van der Waals surface area contributed by atoms with Gasteiger partial charge in [0, 0.05) is 0 Å². The Bertz CT molecular complexity index is 400. The van der Waals surface area contributed by atoms with Crippen LogP contribution in [0, 0.1) is 0 Å². The summed E-state index contributed by atoms with van der Waals surface area (Å²) in [7, 11) is 0. The van der Waals surface area contributed by atoms with Crippen LogP contribution < -0.4 is 5.73 Å². The van der Waals surface area contributed by atoms with Crippen molar-refractivity contribution in [2.75, 3.05) is 6.61 Å². The third kappa shape index (κ3) is 4.00. The molecule has 0 saturated heterocycles. The van der Waals surface area contributed by atoms with Gasteiger partial charge in [0.05, 0.1) is 6.61 Å². The third-order valence-electron chi connectivity index (χ3n) is 2.90. The zero-order valence-corrected chi connectivity index (χ0v) is 11.1. The van der Waals surface area contributed by atoms with E-state index in [4.69, 9.17) is 10.5 Å². The van der Waals surface area contributed by atoms with E-state index in [2.05, 4.69) is 0 Å². The normalized spacial score (nSPS) is 14.4. The highest BCUT2D eigenvalue weighted by atomic mass is 16.5. The fourth-order valence-electron chi connectivity index (χ4n) is 1.62. The molecule has 0 radical (unpaired) electrons. The topological polar surface area (TPSA) is 52.3 Å². The Labute approximate surface area is 109 Å². The van der Waals surface area contributed by atoms with Gasteiger partial charge in [0.1, 0.15) is 5.54 Å². The first-order chi connectivity index (χ1) is 8.62. The average Bonchev–Trinajstić information content (AvgIpc) is 2.40. The number of benzene rings is 1. The summed E-state index contributed by atoms with van der Waals surface area (Å²) < 4.78 is 5.00. The molecule has 1 aromatic carbocycles. The van der Waals surface area contributed by atoms with Crippen LogP contribution in [0.15, 0.2) is 36.4 Å². The first-order valence-corrected chi connectivity index (χ1v) is 6.30. The maximum absolute atomic E-state index is 11.8. The Morgan fingerprint density at radius 2 is 2.00 bits per heavy atom. The minimum atomic E-state index is -0.915. The molecule has 3 nitrogen and oxygen atoms in total. The van der Waals surface area contributed by atoms with E-state index in [1.54, 1.807) is 6.92 Å². The van der Waals surface area contributed by atoms with Crippen molar-refractivity contribution in [1.29, 1.82) is 0 Å². The van der Waals surface area contributed by atoms with Crippen LogP contribution in [0.3, 0.4) is 0 Å². The van der Waals surface area contributed by atoms with Crippen molar-refractivity contribution in [3.05, 3.63) is 42.0 Å². The Morgan fingerprint density at radius 1 is 1.33 bits per heavy atom. The number of rotatable bonds is 6. The van der Waals surface area contributed by atoms with Crippen molar-refractivity contribution in [1.82, 2.24) is 0 Å². The molecule has 0 aliphatic heterocycles. The van der Waals surface area contributed by atoms with E-state index in [-0.39, 0.29) is 5.97 Å². The molecule has 0 aliphatic rings. The summed E-state index contributed by atoms with van der Waals surface area (Å²) >= 11 is 0. The van der Waals surface area contributed by atoms with Gasteiger partial charge in [0.25, 0.3) is 0 Å². The third-order valence-corrected chi connectivity index (χ3v) is 2.90. The highest BCUT2D eigenvalue weighted by Crippen LogP contribution is 2.16. The molecule has 0 saturated carbocycles. The van der Waals surface area contributed by atoms with E-state index in [1.165, 1.54) is 0 Å². The molecule has 1 atom stereocenters. The van der Waals surface area contributed by atoms with Gasteiger partial charge >= 0.3 is 5.97 Å². The van der Waals surface area contributed by atoms with Crippen molar-refractivity contribution < 1.29 is 9.53 Å². The molecule has 0 aromatic heterocycles. The standard InChI is InChI=1S/C15H21NO2/c1-3-15(16,14(17)18-4-2)12-8-11-13-9-6-5-7-10-13/h5-11H,3-4,12,16H2,1-2H3/b11-8+/t15-/m1/s1. The summed E-state index contributed by atoms with van der Waals surface area (Å²) in [5.41, 5.74) is 6.25. The van der Waals surface area contributed by atoms with Gasteiger partial charge < -0.3 is 10.5 Å². The number of hydrogen-bond donors (Lipinski definition) is 1. The van der Waals surface area contributed by atoms with Crippen molar-refractivity contribution in [2.24, 2.45) is 5.73 Å². The first-order valence-electron chi connectivity index (χ1n) is 6.30. The zero-order chi connectivity index (χ0) is 13.4. The van der Waals surface area contributed by atoms with E-state index in [0.717, 1.165) is 5.56 Å². The molecule has 0 bridgehead atoms. The van der Waals surface area contributed by atoms with Crippen LogP contribution in [0.25, 0.3) is 6.08 Å². The number of esters is 1. The molecular formula is C15H21NO2. The summed E-state index contributed by atoms with van der Waals surface area (Å²) in [5.74, 6) is -0.329. The summed E-state index contributed by atoms with van der Waals surface area (Å²) in [6.07, 6.45) is 4.94. The highest BCUT2D eigenvalue weighted by molar-refractivity contribution is 5.80. The van der Waals surface area contributed by atoms with Crippen LogP contribution >= 0.6 is 0 Å². The maximum atomic E-state index is 11.8. The molecular weight excluding hydrogens is 226 g/mol. The highest BCUT2D eigenvalue weighted by Gasteiger charge is 2.32. The van der Waals surface area contributed by atoms with Crippen LogP contribution in [0.5, 0.6) is 0 Å². The van der Waals surface area contributed by atoms with Gasteiger partial charge in [0.15, 0.2) is 0 Å². The van der Waals surface area contributed by atoms with E-state index in [0.29, 0.717) is 19.4 Å². The summed E-state index contributed by atoms with van der Waals surface area (Å²) in [6, 6.07) is 9.92. The van der Waals surface area contributed by atoms with E-state index >= 15 is 0 Å². The molecule has 0 fully saturated rings. The van der Waals surface area contributed by atoms with Crippen LogP contribution in [0.2, 0.25) is 0 Å². The van der Waals surface area contributed by atoms with Crippen LogP contribution in [0.4, 0.5) is 0 Å². The maximum Gasteiger partial charge on any atom is 0.326 e. The molecule has 0 amide bonds. The molecule has 0 unspecified atom stereocenters. The number of carbonyl (C=O) groups is 1. The van der Waals surface area contributed by atoms with Crippen molar-refractivity contribution in [3.63, 3.8) is 0 Å². The van der Waals surface area contributed by atoms with Gasteiger partial charge in [-0.2, -0.15) is 0 Å². The second-order valence-corrected chi connectivity index (χ2v) is 4.25. The zero-order valence-electron chi connectivity index (χ0n) is 11.1. The quantitative estimate of drug-likeness (QED) is 0.786. The van der Waals surface area contributed by atoms with E-state index in [1.807, 2.05) is 49.4 Å². The predicted octanol–water partition coefficient (Wildman–Crippen LogP) is 2.76. The number of carbonyl (C=O) groups excluding carboxylic acids is 1. The molecule has 0 heterocycles. The Balaban J connectivity index is 2.64. The number of ether oxygens (including phenoxy) is 1. The Hall–Kier alpha value is -1.61. The van der Waals surface area contributed by atoms with Gasteiger partial charge in [-0.3, -0.25) is 4.79 Å². The molecule has 98 valence electrons. The van der Waals surface area contributed by atoms with Crippen LogP contribution in [-0.4, -0.2) is 18.1 Å². The fourth-order valence-corrected chi connectivity index (χ4v) is 1.62. The lowest BCUT2D eigenvalue weighted by Crippen LogP contribution is -2.48. The largest absolute Gasteiger partial charge is 0.465 e. The van der Waals surface area contributed by atoms with Gasteiger partial charge in [-0.25, -0.2) is 0 Å². The first kappa shape index (κ1) is 14.5. The molecule has 2 N–H and O–H groups in total. The Morgan fingerprint density at radius 3 is 2.56 bits per heavy atom. The molecule has 3 heteroatoms. The number of nitrogens with two attached hydrogens (primary N) is 1. The lowest BCUT2D eigenvalue weighted by molar-refractivity contribution is -0.149. The molecule has 0 spiro atoms. The van der Waals surface area contributed by atoms with Crippen molar-refractivity contribution in [2.45, 2.75) is 32.2 Å². The van der Waals surface area contributed by atoms with Gasteiger partial charge in [-0.15, -0.1) is 0 Å². The second kappa shape index (κ2) is 6.97. The van der Waals surface area contributed by atoms with E-state index < -0.39 is 5.54 Å². The summed E-state index contributed by atoms with van der Waals surface area (Å²) in [5, 5.41) is 0. The monoisotopic (exact) mass is 247 g/mol. The molecule has 1 rings (SSSR count). The lowest BCUT2D eigenvalue weighted by Gasteiger charge is -2.23. The van der Waals surface area contributed by atoms with Crippen molar-refractivity contribution in [3.8, 4) is 0 Å². The van der Waals surface area contributed by atoms with Gasteiger partial charge in [0.2, 0.25) is 0 Å². The SMILES string of the molecule is CCOC(=O)[C@@](N)(CC)C/C=C/c1ccccc1. The van der Waals surface area contributed by atoms with Crippen molar-refractivity contribution >= 4 is 12.0 Å².